The van der Waals surface area contributed by atoms with Crippen molar-refractivity contribution in [3.8, 4) is 11.1 Å². The topological polar surface area (TPSA) is 71.0 Å². The zero-order chi connectivity index (χ0) is 25.0. The highest BCUT2D eigenvalue weighted by Crippen LogP contribution is 2.59. The highest BCUT2D eigenvalue weighted by Gasteiger charge is 2.60. The zero-order valence-electron chi connectivity index (χ0n) is 18.4. The van der Waals surface area contributed by atoms with Gasteiger partial charge in [0.25, 0.3) is 5.56 Å². The molecule has 0 spiro atoms. The Balaban J connectivity index is 1.24. The average Bonchev–Trinajstić information content (AvgIpc) is 3.38. The molecule has 1 saturated heterocycles. The maximum Gasteiger partial charge on any atom is 0.416 e. The molecule has 184 valence electrons. The molecule has 11 heteroatoms. The van der Waals surface area contributed by atoms with Crippen molar-refractivity contribution in [2.75, 3.05) is 19.6 Å². The molecule has 3 heterocycles. The van der Waals surface area contributed by atoms with Crippen LogP contribution in [0.1, 0.15) is 24.0 Å². The van der Waals surface area contributed by atoms with Gasteiger partial charge in [0.05, 0.1) is 17.3 Å². The lowest BCUT2D eigenvalue weighted by atomic mass is 9.94. The maximum absolute atomic E-state index is 13.6. The predicted molar refractivity (Wildman–Crippen MR) is 122 cm³/mol. The van der Waals surface area contributed by atoms with E-state index in [2.05, 4.69) is 14.9 Å². The van der Waals surface area contributed by atoms with Crippen molar-refractivity contribution in [3.63, 3.8) is 0 Å². The molecular weight excluding hydrogens is 488 g/mol. The molecule has 0 amide bonds. The summed E-state index contributed by atoms with van der Waals surface area (Å²) >= 11 is 6.02. The Morgan fingerprint density at radius 3 is 2.60 bits per heavy atom. The summed E-state index contributed by atoms with van der Waals surface area (Å²) in [6, 6.07) is 6.54. The van der Waals surface area contributed by atoms with Crippen LogP contribution in [0.4, 0.5) is 17.6 Å². The van der Waals surface area contributed by atoms with E-state index < -0.39 is 28.8 Å². The fourth-order valence-electron chi connectivity index (χ4n) is 5.14. The lowest BCUT2D eigenvalue weighted by molar-refractivity contribution is -0.137. The molecule has 6 nitrogen and oxygen atoms in total. The number of likely N-dealkylation sites (tertiary alicyclic amines) is 1. The minimum Gasteiger partial charge on any atom is -0.302 e. The minimum atomic E-state index is -4.35. The van der Waals surface area contributed by atoms with E-state index in [0.29, 0.717) is 25.4 Å². The second-order valence-corrected chi connectivity index (χ2v) is 9.57. The summed E-state index contributed by atoms with van der Waals surface area (Å²) < 4.78 is 53.6. The number of hydrogen-bond acceptors (Lipinski definition) is 4. The second kappa shape index (κ2) is 8.60. The normalized spacial score (nSPS) is 21.8. The van der Waals surface area contributed by atoms with Gasteiger partial charge >= 0.3 is 11.9 Å². The number of nitrogens with one attached hydrogen (secondary N) is 1. The number of rotatable bonds is 6. The fraction of sp³-hybridized carbons (Fsp3) is 0.375. The van der Waals surface area contributed by atoms with E-state index in [0.717, 1.165) is 49.5 Å². The van der Waals surface area contributed by atoms with Crippen LogP contribution in [-0.4, -0.2) is 39.1 Å². The molecule has 3 aromatic rings. The molecule has 2 aliphatic rings. The van der Waals surface area contributed by atoms with Gasteiger partial charge in [0, 0.05) is 36.8 Å². The van der Waals surface area contributed by atoms with Gasteiger partial charge in [-0.25, -0.2) is 14.2 Å². The number of aromatic nitrogens is 3. The standard InChI is InChI=1S/C24H21ClF4N4O2/c25-20-18(8-17(26)10-30-20)19-12-33(22(35)31-21(19)34)7-1-6-32-11-16-9-23(16,13-32)14-2-4-15(5-3-14)24(27,28)29/h2-5,8,10,12,16H,1,6-7,9,11,13H2,(H,31,34,35). The van der Waals surface area contributed by atoms with Crippen molar-refractivity contribution < 1.29 is 17.6 Å². The minimum absolute atomic E-state index is 0.0465. The molecule has 1 N–H and O–H groups in total. The van der Waals surface area contributed by atoms with Crippen molar-refractivity contribution >= 4 is 11.6 Å². The van der Waals surface area contributed by atoms with Crippen LogP contribution < -0.4 is 11.2 Å². The van der Waals surface area contributed by atoms with Gasteiger partial charge in [-0.05, 0) is 49.1 Å². The average molecular weight is 509 g/mol. The molecule has 2 fully saturated rings. The quantitative estimate of drug-likeness (QED) is 0.402. The first kappa shape index (κ1) is 23.7. The number of H-pyrrole nitrogens is 1. The number of nitrogens with zero attached hydrogens (tertiary/aromatic N) is 3. The van der Waals surface area contributed by atoms with Crippen LogP contribution in [0.15, 0.2) is 52.3 Å². The van der Waals surface area contributed by atoms with Crippen LogP contribution in [0.3, 0.4) is 0 Å². The van der Waals surface area contributed by atoms with E-state index in [-0.39, 0.29) is 21.7 Å². The van der Waals surface area contributed by atoms with E-state index in [1.165, 1.54) is 10.8 Å². The monoisotopic (exact) mass is 508 g/mol. The van der Waals surface area contributed by atoms with Gasteiger partial charge in [-0.3, -0.25) is 14.3 Å². The van der Waals surface area contributed by atoms with Crippen LogP contribution in [0, 0.1) is 11.7 Å². The van der Waals surface area contributed by atoms with Gasteiger partial charge in [-0.1, -0.05) is 23.7 Å². The van der Waals surface area contributed by atoms with Gasteiger partial charge in [-0.15, -0.1) is 0 Å². The smallest absolute Gasteiger partial charge is 0.302 e. The third-order valence-corrected chi connectivity index (χ3v) is 7.28. The Morgan fingerprint density at radius 1 is 1.14 bits per heavy atom. The first-order chi connectivity index (χ1) is 16.6. The third-order valence-electron chi connectivity index (χ3n) is 6.98. The van der Waals surface area contributed by atoms with Gasteiger partial charge in [0.15, 0.2) is 0 Å². The Bertz CT molecular complexity index is 1390. The van der Waals surface area contributed by atoms with Crippen molar-refractivity contribution in [2.24, 2.45) is 5.92 Å². The largest absolute Gasteiger partial charge is 0.416 e. The van der Waals surface area contributed by atoms with Crippen molar-refractivity contribution in [1.82, 2.24) is 19.4 Å². The molecule has 2 aromatic heterocycles. The van der Waals surface area contributed by atoms with E-state index >= 15 is 0 Å². The maximum atomic E-state index is 13.6. The number of halogens is 5. The summed E-state index contributed by atoms with van der Waals surface area (Å²) in [5.74, 6) is -0.250. The lowest BCUT2D eigenvalue weighted by Gasteiger charge is -2.21. The first-order valence-corrected chi connectivity index (χ1v) is 11.5. The predicted octanol–water partition coefficient (Wildman–Crippen LogP) is 4.07. The number of alkyl halides is 3. The molecular formula is C24H21ClF4N4O2. The van der Waals surface area contributed by atoms with Crippen molar-refractivity contribution in [1.29, 1.82) is 0 Å². The molecule has 0 radical (unpaired) electrons. The Hall–Kier alpha value is -2.98. The molecule has 0 bridgehead atoms. The number of piperidine rings is 1. The Labute approximate surface area is 202 Å². The summed E-state index contributed by atoms with van der Waals surface area (Å²) in [5.41, 5.74) is -0.938. The third kappa shape index (κ3) is 4.52. The molecule has 1 aliphatic carbocycles. The van der Waals surface area contributed by atoms with Crippen LogP contribution in [0.25, 0.3) is 11.1 Å². The lowest BCUT2D eigenvalue weighted by Crippen LogP contribution is -2.32. The van der Waals surface area contributed by atoms with Crippen LogP contribution in [0.5, 0.6) is 0 Å². The van der Waals surface area contributed by atoms with E-state index in [4.69, 9.17) is 11.6 Å². The number of pyridine rings is 1. The second-order valence-electron chi connectivity index (χ2n) is 9.21. The van der Waals surface area contributed by atoms with Gasteiger partial charge in [-0.2, -0.15) is 13.2 Å². The molecule has 1 aromatic carbocycles. The van der Waals surface area contributed by atoms with E-state index in [1.807, 2.05) is 0 Å². The van der Waals surface area contributed by atoms with Gasteiger partial charge in [0.1, 0.15) is 11.0 Å². The molecule has 1 aliphatic heterocycles. The van der Waals surface area contributed by atoms with Crippen molar-refractivity contribution in [3.05, 3.63) is 85.7 Å². The number of fused-ring (bicyclic) bond motifs is 1. The SMILES string of the molecule is O=c1[nH]c(=O)n(CCCN2CC3CC3(c3ccc(C(F)(F)F)cc3)C2)cc1-c1cc(F)cnc1Cl. The summed E-state index contributed by atoms with van der Waals surface area (Å²) in [7, 11) is 0. The molecule has 5 rings (SSSR count). The fourth-order valence-corrected chi connectivity index (χ4v) is 5.34. The number of aromatic amines is 1. The van der Waals surface area contributed by atoms with E-state index in [9.17, 15) is 27.2 Å². The van der Waals surface area contributed by atoms with Crippen LogP contribution in [0.2, 0.25) is 5.15 Å². The molecule has 1 saturated carbocycles. The number of benzene rings is 1. The van der Waals surface area contributed by atoms with E-state index in [1.54, 1.807) is 12.1 Å². The highest BCUT2D eigenvalue weighted by molar-refractivity contribution is 6.32. The van der Waals surface area contributed by atoms with Crippen LogP contribution in [-0.2, 0) is 18.1 Å². The molecule has 2 unspecified atom stereocenters. The first-order valence-electron chi connectivity index (χ1n) is 11.1. The van der Waals surface area contributed by atoms with Crippen molar-refractivity contribution in [2.45, 2.75) is 31.0 Å². The van der Waals surface area contributed by atoms with Gasteiger partial charge in [0.2, 0.25) is 0 Å². The summed E-state index contributed by atoms with van der Waals surface area (Å²) in [4.78, 5) is 32.8. The molecule has 35 heavy (non-hydrogen) atoms. The Morgan fingerprint density at radius 2 is 1.89 bits per heavy atom. The summed E-state index contributed by atoms with van der Waals surface area (Å²) in [6.45, 7) is 2.59. The van der Waals surface area contributed by atoms with Gasteiger partial charge < -0.3 is 4.90 Å². The number of aryl methyl sites for hydroxylation is 1. The highest BCUT2D eigenvalue weighted by atomic mass is 35.5. The Kier molecular flexibility index (Phi) is 5.83. The van der Waals surface area contributed by atoms with Crippen LogP contribution >= 0.6 is 11.6 Å². The summed E-state index contributed by atoms with van der Waals surface area (Å²) in [6.07, 6.45) is -0.490. The summed E-state index contributed by atoms with van der Waals surface area (Å²) in [5, 5.41) is -0.0491. The zero-order valence-corrected chi connectivity index (χ0v) is 19.2. The molecule has 2 atom stereocenters. The number of hydrogen-bond donors (Lipinski definition) is 1.